The van der Waals surface area contributed by atoms with Gasteiger partial charge in [-0.1, -0.05) is 35.2 Å². The topological polar surface area (TPSA) is 63.8 Å². The lowest BCUT2D eigenvalue weighted by Crippen LogP contribution is -2.24. The van der Waals surface area contributed by atoms with Gasteiger partial charge < -0.3 is 5.21 Å². The zero-order valence-corrected chi connectivity index (χ0v) is 9.35. The predicted molar refractivity (Wildman–Crippen MR) is 67.3 cm³/mol. The minimum atomic E-state index is 0.101. The molecule has 18 heavy (non-hydrogen) atoms. The zero-order chi connectivity index (χ0) is 12.5. The van der Waals surface area contributed by atoms with Gasteiger partial charge in [0.25, 0.3) is 0 Å². The summed E-state index contributed by atoms with van der Waals surface area (Å²) in [5, 5.41) is 15.6. The molecule has 0 saturated heterocycles. The molecule has 0 amide bonds. The fraction of sp³-hybridized carbons (Fsp3) is 0. The van der Waals surface area contributed by atoms with Crippen molar-refractivity contribution in [2.24, 2.45) is 0 Å². The Balaban J connectivity index is 2.39. The number of hydrogen-bond donors (Lipinski definition) is 0. The molecule has 0 fully saturated rings. The van der Waals surface area contributed by atoms with Crippen LogP contribution in [0, 0.1) is 10.1 Å². The van der Waals surface area contributed by atoms with Crippen molar-refractivity contribution in [2.45, 2.75) is 0 Å². The maximum absolute atomic E-state index is 12.2. The van der Waals surface area contributed by atoms with Crippen LogP contribution < -0.4 is 4.43 Å². The molecule has 2 aromatic carbocycles. The van der Waals surface area contributed by atoms with Gasteiger partial charge in [-0.25, -0.2) is 0 Å². The third-order valence-electron chi connectivity index (χ3n) is 2.72. The van der Waals surface area contributed by atoms with E-state index in [0.717, 1.165) is 0 Å². The molecule has 0 spiro atoms. The van der Waals surface area contributed by atoms with Crippen molar-refractivity contribution in [2.75, 3.05) is 0 Å². The van der Waals surface area contributed by atoms with Crippen molar-refractivity contribution in [1.82, 2.24) is 9.94 Å². The highest BCUT2D eigenvalue weighted by Crippen LogP contribution is 2.14. The van der Waals surface area contributed by atoms with Gasteiger partial charge in [0, 0.05) is 4.43 Å². The predicted octanol–water partition coefficient (Wildman–Crippen LogP) is 1.96. The van der Waals surface area contributed by atoms with Crippen molar-refractivity contribution in [3.8, 4) is 11.4 Å². The minimum absolute atomic E-state index is 0.101. The van der Waals surface area contributed by atoms with Gasteiger partial charge in [0.05, 0.1) is 10.7 Å². The molecule has 88 valence electrons. The molecule has 1 aromatic heterocycles. The van der Waals surface area contributed by atoms with E-state index in [1.807, 2.05) is 6.07 Å². The zero-order valence-electron chi connectivity index (χ0n) is 9.35. The van der Waals surface area contributed by atoms with E-state index in [-0.39, 0.29) is 11.3 Å². The largest absolute Gasteiger partial charge is 0.772 e. The number of hydrogen-bond acceptors (Lipinski definition) is 3. The summed E-state index contributed by atoms with van der Waals surface area (Å²) in [7, 11) is 0. The molecular weight excluding hydrogens is 230 g/mol. The van der Waals surface area contributed by atoms with Crippen molar-refractivity contribution in [3.05, 3.63) is 64.7 Å². The molecule has 0 N–H and O–H groups in total. The van der Waals surface area contributed by atoms with Crippen molar-refractivity contribution in [1.29, 1.82) is 0 Å². The first-order valence-electron chi connectivity index (χ1n) is 5.45. The van der Waals surface area contributed by atoms with Crippen molar-refractivity contribution in [3.63, 3.8) is 0 Å². The number of benzene rings is 2. The SMILES string of the molecule is O=[n+]1c(-c2ccccc2)nn([O-])c2ccccc21. The first-order chi connectivity index (χ1) is 8.77. The summed E-state index contributed by atoms with van der Waals surface area (Å²) in [6.45, 7) is 0. The number of nitrogens with zero attached hydrogens (tertiary/aromatic N) is 3. The number of rotatable bonds is 1. The Hall–Kier alpha value is -2.69. The fourth-order valence-electron chi connectivity index (χ4n) is 1.85. The van der Waals surface area contributed by atoms with E-state index in [1.54, 1.807) is 48.5 Å². The lowest BCUT2D eigenvalue weighted by Gasteiger charge is -2.05. The molecule has 0 radical (unpaired) electrons. The summed E-state index contributed by atoms with van der Waals surface area (Å²) in [5.74, 6) is 0.101. The van der Waals surface area contributed by atoms with E-state index in [9.17, 15) is 10.1 Å². The van der Waals surface area contributed by atoms with Crippen LogP contribution in [0.15, 0.2) is 54.6 Å². The molecule has 3 rings (SSSR count). The first-order valence-corrected chi connectivity index (χ1v) is 5.45. The second-order valence-corrected chi connectivity index (χ2v) is 3.85. The monoisotopic (exact) mass is 239 g/mol. The van der Waals surface area contributed by atoms with Crippen LogP contribution in [-0.2, 0) is 0 Å². The van der Waals surface area contributed by atoms with Gasteiger partial charge in [-0.2, -0.15) is 4.85 Å². The number of aromatic nitrogens is 3. The third-order valence-corrected chi connectivity index (χ3v) is 2.72. The highest BCUT2D eigenvalue weighted by atomic mass is 16.5. The Morgan fingerprint density at radius 1 is 1.00 bits per heavy atom. The minimum Gasteiger partial charge on any atom is -0.772 e. The van der Waals surface area contributed by atoms with Gasteiger partial charge in [0.2, 0.25) is 5.52 Å². The lowest BCUT2D eigenvalue weighted by atomic mass is 10.2. The summed E-state index contributed by atoms with van der Waals surface area (Å²) >= 11 is 0. The quantitative estimate of drug-likeness (QED) is 0.610. The number of fused-ring (bicyclic) bond motifs is 1. The van der Waals surface area contributed by atoms with Crippen LogP contribution in [0.5, 0.6) is 0 Å². The second-order valence-electron chi connectivity index (χ2n) is 3.85. The van der Waals surface area contributed by atoms with Crippen LogP contribution in [0.2, 0.25) is 0 Å². The highest BCUT2D eigenvalue weighted by molar-refractivity contribution is 5.72. The Morgan fingerprint density at radius 2 is 1.67 bits per heavy atom. The Labute approximate surface area is 102 Å². The highest BCUT2D eigenvalue weighted by Gasteiger charge is 2.18. The van der Waals surface area contributed by atoms with E-state index in [0.29, 0.717) is 20.4 Å². The molecule has 3 aromatic rings. The normalized spacial score (nSPS) is 10.7. The van der Waals surface area contributed by atoms with Crippen LogP contribution in [-0.4, -0.2) is 9.94 Å². The van der Waals surface area contributed by atoms with Gasteiger partial charge in [-0.3, -0.25) is 0 Å². The van der Waals surface area contributed by atoms with Crippen LogP contribution in [0.1, 0.15) is 0 Å². The van der Waals surface area contributed by atoms with E-state index in [4.69, 9.17) is 0 Å². The van der Waals surface area contributed by atoms with Crippen LogP contribution in [0.4, 0.5) is 0 Å². The average Bonchev–Trinajstić information content (AvgIpc) is 2.44. The van der Waals surface area contributed by atoms with Crippen LogP contribution in [0.3, 0.4) is 0 Å². The van der Waals surface area contributed by atoms with E-state index < -0.39 is 0 Å². The molecule has 0 aliphatic rings. The summed E-state index contributed by atoms with van der Waals surface area (Å²) < 4.78 is 0.680. The maximum atomic E-state index is 12.2. The van der Waals surface area contributed by atoms with Crippen LogP contribution >= 0.6 is 0 Å². The third kappa shape index (κ3) is 1.53. The lowest BCUT2D eigenvalue weighted by molar-refractivity contribution is -0.455. The first kappa shape index (κ1) is 10.5. The van der Waals surface area contributed by atoms with Gasteiger partial charge in [-0.15, -0.1) is 0 Å². The molecule has 0 aliphatic heterocycles. The summed E-state index contributed by atoms with van der Waals surface area (Å²) in [4.78, 5) is 12.7. The van der Waals surface area contributed by atoms with Gasteiger partial charge in [0.1, 0.15) is 5.52 Å². The molecule has 5 nitrogen and oxygen atoms in total. The summed E-state index contributed by atoms with van der Waals surface area (Å²) in [6, 6.07) is 15.5. The van der Waals surface area contributed by atoms with Crippen molar-refractivity contribution < 1.29 is 4.43 Å². The Bertz CT molecular complexity index is 766. The van der Waals surface area contributed by atoms with Crippen molar-refractivity contribution >= 4 is 11.0 Å². The molecule has 0 bridgehead atoms. The van der Waals surface area contributed by atoms with Crippen LogP contribution in [0.25, 0.3) is 22.4 Å². The molecule has 0 saturated carbocycles. The molecule has 0 unspecified atom stereocenters. The smallest absolute Gasteiger partial charge is 0.398 e. The molecule has 0 aliphatic carbocycles. The van der Waals surface area contributed by atoms with Gasteiger partial charge >= 0.3 is 5.82 Å². The van der Waals surface area contributed by atoms with Gasteiger partial charge in [-0.05, 0) is 24.3 Å². The van der Waals surface area contributed by atoms with E-state index in [2.05, 4.69) is 5.10 Å². The average molecular weight is 239 g/mol. The van der Waals surface area contributed by atoms with Gasteiger partial charge in [0.15, 0.2) is 0 Å². The summed E-state index contributed by atoms with van der Waals surface area (Å²) in [5.41, 5.74) is 1.18. The Morgan fingerprint density at radius 3 is 2.44 bits per heavy atom. The summed E-state index contributed by atoms with van der Waals surface area (Å²) in [6.07, 6.45) is 0. The van der Waals surface area contributed by atoms with E-state index >= 15 is 0 Å². The fourth-order valence-corrected chi connectivity index (χ4v) is 1.85. The maximum Gasteiger partial charge on any atom is 0.398 e. The second kappa shape index (κ2) is 3.96. The Kier molecular flexibility index (Phi) is 2.30. The molecule has 1 heterocycles. The standard InChI is InChI=1S/C13H9N3O2/c17-15-11-8-4-5-9-12(11)16(18)14-13(15)10-6-2-1-3-7-10/h1-9H. The molecule has 0 atom stereocenters. The molecule has 5 heteroatoms. The number of para-hydroxylation sites is 2. The molecular formula is C13H9N3O2. The van der Waals surface area contributed by atoms with E-state index in [1.165, 1.54) is 0 Å².